The number of benzene rings is 2. The van der Waals surface area contributed by atoms with Crippen molar-refractivity contribution < 1.29 is 4.74 Å². The molecule has 4 heteroatoms. The second-order valence-corrected chi connectivity index (χ2v) is 5.10. The topological polar surface area (TPSA) is 39.1 Å². The van der Waals surface area contributed by atoms with Gasteiger partial charge in [-0.05, 0) is 25.4 Å². The van der Waals surface area contributed by atoms with Crippen molar-refractivity contribution in [2.24, 2.45) is 7.05 Å². The fourth-order valence-electron chi connectivity index (χ4n) is 2.58. The van der Waals surface area contributed by atoms with Gasteiger partial charge >= 0.3 is 0 Å². The zero-order valence-corrected chi connectivity index (χ0v) is 12.6. The van der Waals surface area contributed by atoms with Crippen molar-refractivity contribution in [2.75, 3.05) is 7.05 Å². The summed E-state index contributed by atoms with van der Waals surface area (Å²) in [7, 11) is 3.83. The Labute approximate surface area is 124 Å². The Kier molecular flexibility index (Phi) is 3.62. The molecule has 3 rings (SSSR count). The van der Waals surface area contributed by atoms with Gasteiger partial charge in [-0.25, -0.2) is 4.68 Å². The Morgan fingerprint density at radius 1 is 1.14 bits per heavy atom. The van der Waals surface area contributed by atoms with Crippen molar-refractivity contribution in [3.05, 3.63) is 53.7 Å². The van der Waals surface area contributed by atoms with E-state index in [1.54, 1.807) is 4.68 Å². The molecule has 0 amide bonds. The SMILES string of the molecule is CNCc1c(C)nn(C)c1Oc1cccc2ccccc12. The van der Waals surface area contributed by atoms with Crippen LogP contribution in [0.4, 0.5) is 0 Å². The van der Waals surface area contributed by atoms with E-state index >= 15 is 0 Å². The molecule has 0 bridgehead atoms. The molecular formula is C17H19N3O. The Balaban J connectivity index is 2.07. The van der Waals surface area contributed by atoms with E-state index in [4.69, 9.17) is 4.74 Å². The lowest BCUT2D eigenvalue weighted by Gasteiger charge is -2.11. The van der Waals surface area contributed by atoms with Crippen LogP contribution in [0.1, 0.15) is 11.3 Å². The van der Waals surface area contributed by atoms with Gasteiger partial charge in [0.1, 0.15) is 5.75 Å². The first-order chi connectivity index (χ1) is 10.2. The highest BCUT2D eigenvalue weighted by Crippen LogP contribution is 2.32. The standard InChI is InChI=1S/C17H19N3O/c1-12-15(11-18-2)17(20(3)19-12)21-16-10-6-8-13-7-4-5-9-14(13)16/h4-10,18H,11H2,1-3H3. The van der Waals surface area contributed by atoms with Crippen molar-refractivity contribution in [1.82, 2.24) is 15.1 Å². The largest absolute Gasteiger partial charge is 0.438 e. The first-order valence-electron chi connectivity index (χ1n) is 7.03. The molecule has 0 fully saturated rings. The van der Waals surface area contributed by atoms with Crippen LogP contribution in [0.2, 0.25) is 0 Å². The fraction of sp³-hybridized carbons (Fsp3) is 0.235. The highest BCUT2D eigenvalue weighted by Gasteiger charge is 2.15. The Morgan fingerprint density at radius 2 is 1.90 bits per heavy atom. The molecule has 1 aromatic heterocycles. The van der Waals surface area contributed by atoms with Gasteiger partial charge in [0.15, 0.2) is 0 Å². The van der Waals surface area contributed by atoms with Gasteiger partial charge in [0, 0.05) is 19.0 Å². The van der Waals surface area contributed by atoms with Crippen LogP contribution in [0.3, 0.4) is 0 Å². The zero-order valence-electron chi connectivity index (χ0n) is 12.6. The summed E-state index contributed by atoms with van der Waals surface area (Å²) in [6.45, 7) is 2.74. The monoisotopic (exact) mass is 281 g/mol. The van der Waals surface area contributed by atoms with Crippen LogP contribution >= 0.6 is 0 Å². The van der Waals surface area contributed by atoms with Gasteiger partial charge in [0.2, 0.25) is 5.88 Å². The third-order valence-corrected chi connectivity index (χ3v) is 3.60. The van der Waals surface area contributed by atoms with Crippen molar-refractivity contribution in [2.45, 2.75) is 13.5 Å². The number of nitrogens with zero attached hydrogens (tertiary/aromatic N) is 2. The molecule has 0 saturated carbocycles. The van der Waals surface area contributed by atoms with Crippen molar-refractivity contribution in [1.29, 1.82) is 0 Å². The van der Waals surface area contributed by atoms with E-state index in [-0.39, 0.29) is 0 Å². The van der Waals surface area contributed by atoms with Gasteiger partial charge in [-0.15, -0.1) is 0 Å². The number of rotatable bonds is 4. The normalized spacial score (nSPS) is 11.0. The molecule has 0 aliphatic rings. The Bertz CT molecular complexity index is 772. The number of aryl methyl sites for hydroxylation is 2. The molecule has 1 N–H and O–H groups in total. The summed E-state index contributed by atoms with van der Waals surface area (Å²) in [5, 5.41) is 9.90. The van der Waals surface area contributed by atoms with E-state index in [0.29, 0.717) is 0 Å². The van der Waals surface area contributed by atoms with Gasteiger partial charge in [-0.3, -0.25) is 0 Å². The van der Waals surface area contributed by atoms with Crippen LogP contribution in [0.25, 0.3) is 10.8 Å². The second-order valence-electron chi connectivity index (χ2n) is 5.10. The van der Waals surface area contributed by atoms with Crippen LogP contribution in [0, 0.1) is 6.92 Å². The van der Waals surface area contributed by atoms with E-state index in [9.17, 15) is 0 Å². The quantitative estimate of drug-likeness (QED) is 0.796. The van der Waals surface area contributed by atoms with E-state index in [2.05, 4.69) is 28.6 Å². The first-order valence-corrected chi connectivity index (χ1v) is 7.03. The predicted molar refractivity (Wildman–Crippen MR) is 84.7 cm³/mol. The molecule has 0 unspecified atom stereocenters. The van der Waals surface area contributed by atoms with Crippen LogP contribution in [0.5, 0.6) is 11.6 Å². The summed E-state index contributed by atoms with van der Waals surface area (Å²) < 4.78 is 7.98. The summed E-state index contributed by atoms with van der Waals surface area (Å²) in [5.74, 6) is 1.65. The third kappa shape index (κ3) is 2.50. The number of fused-ring (bicyclic) bond motifs is 1. The molecule has 1 heterocycles. The number of aromatic nitrogens is 2. The molecule has 2 aromatic carbocycles. The molecule has 21 heavy (non-hydrogen) atoms. The van der Waals surface area contributed by atoms with Crippen LogP contribution < -0.4 is 10.1 Å². The first kappa shape index (κ1) is 13.6. The predicted octanol–water partition coefficient (Wildman–Crippen LogP) is 3.39. The minimum atomic E-state index is 0.736. The highest BCUT2D eigenvalue weighted by atomic mass is 16.5. The lowest BCUT2D eigenvalue weighted by Crippen LogP contribution is -2.07. The molecule has 108 valence electrons. The maximum absolute atomic E-state index is 6.19. The lowest BCUT2D eigenvalue weighted by atomic mass is 10.1. The number of hydrogen-bond donors (Lipinski definition) is 1. The van der Waals surface area contributed by atoms with E-state index in [0.717, 1.165) is 34.8 Å². The van der Waals surface area contributed by atoms with E-state index < -0.39 is 0 Å². The molecule has 0 saturated heterocycles. The minimum Gasteiger partial charge on any atom is -0.438 e. The maximum atomic E-state index is 6.19. The Morgan fingerprint density at radius 3 is 2.71 bits per heavy atom. The van der Waals surface area contributed by atoms with Gasteiger partial charge < -0.3 is 10.1 Å². The van der Waals surface area contributed by atoms with Crippen molar-refractivity contribution >= 4 is 10.8 Å². The summed E-state index contributed by atoms with van der Waals surface area (Å²) in [6.07, 6.45) is 0. The van der Waals surface area contributed by atoms with Crippen LogP contribution in [0.15, 0.2) is 42.5 Å². The average Bonchev–Trinajstić information content (AvgIpc) is 2.75. The third-order valence-electron chi connectivity index (χ3n) is 3.60. The fourth-order valence-corrected chi connectivity index (χ4v) is 2.58. The van der Waals surface area contributed by atoms with Crippen molar-refractivity contribution in [3.8, 4) is 11.6 Å². The van der Waals surface area contributed by atoms with Crippen molar-refractivity contribution in [3.63, 3.8) is 0 Å². The van der Waals surface area contributed by atoms with Gasteiger partial charge in [-0.2, -0.15) is 5.10 Å². The van der Waals surface area contributed by atoms with Gasteiger partial charge in [0.25, 0.3) is 0 Å². The summed E-state index contributed by atoms with van der Waals surface area (Å²) in [5.41, 5.74) is 2.08. The van der Waals surface area contributed by atoms with Crippen LogP contribution in [-0.2, 0) is 13.6 Å². The van der Waals surface area contributed by atoms with E-state index in [1.807, 2.05) is 45.3 Å². The molecule has 0 radical (unpaired) electrons. The molecule has 0 aliphatic heterocycles. The maximum Gasteiger partial charge on any atom is 0.222 e. The van der Waals surface area contributed by atoms with Gasteiger partial charge in [0.05, 0.1) is 11.3 Å². The smallest absolute Gasteiger partial charge is 0.222 e. The lowest BCUT2D eigenvalue weighted by molar-refractivity contribution is 0.429. The molecule has 0 aliphatic carbocycles. The summed E-state index contributed by atoms with van der Waals surface area (Å²) in [6, 6.07) is 14.3. The van der Waals surface area contributed by atoms with Crippen LogP contribution in [-0.4, -0.2) is 16.8 Å². The highest BCUT2D eigenvalue weighted by molar-refractivity contribution is 5.88. The molecular weight excluding hydrogens is 262 g/mol. The van der Waals surface area contributed by atoms with Gasteiger partial charge in [-0.1, -0.05) is 36.4 Å². The molecule has 4 nitrogen and oxygen atoms in total. The Hall–Kier alpha value is -2.33. The molecule has 3 aromatic rings. The average molecular weight is 281 g/mol. The zero-order chi connectivity index (χ0) is 14.8. The second kappa shape index (κ2) is 5.58. The molecule has 0 spiro atoms. The number of nitrogens with one attached hydrogen (secondary N) is 1. The molecule has 0 atom stereocenters. The number of ether oxygens (including phenoxy) is 1. The summed E-state index contributed by atoms with van der Waals surface area (Å²) >= 11 is 0. The van der Waals surface area contributed by atoms with E-state index in [1.165, 1.54) is 5.39 Å². The summed E-state index contributed by atoms with van der Waals surface area (Å²) in [4.78, 5) is 0. The number of hydrogen-bond acceptors (Lipinski definition) is 3. The minimum absolute atomic E-state index is 0.736.